The SMILES string of the molecule is Cc1ccc(OC(C)C(=O)N(C)CC(F)(F)F)c(Br)c1. The largest absolute Gasteiger partial charge is 0.480 e. The fraction of sp³-hybridized carbons (Fsp3) is 0.462. The number of benzene rings is 1. The van der Waals surface area contributed by atoms with E-state index in [2.05, 4.69) is 15.9 Å². The molecular formula is C13H15BrF3NO2. The van der Waals surface area contributed by atoms with Crippen molar-refractivity contribution >= 4 is 21.8 Å². The monoisotopic (exact) mass is 353 g/mol. The van der Waals surface area contributed by atoms with Crippen LogP contribution in [0.25, 0.3) is 0 Å². The Kier molecular flexibility index (Phi) is 5.44. The molecule has 0 fully saturated rings. The molecule has 0 saturated heterocycles. The fourth-order valence-electron chi connectivity index (χ4n) is 1.60. The summed E-state index contributed by atoms with van der Waals surface area (Å²) in [6, 6.07) is 5.25. The van der Waals surface area contributed by atoms with Gasteiger partial charge in [0.25, 0.3) is 5.91 Å². The maximum absolute atomic E-state index is 12.2. The lowest BCUT2D eigenvalue weighted by Gasteiger charge is -2.23. The number of ether oxygens (including phenoxy) is 1. The van der Waals surface area contributed by atoms with E-state index in [0.717, 1.165) is 12.6 Å². The van der Waals surface area contributed by atoms with Crippen LogP contribution < -0.4 is 4.74 Å². The Bertz CT molecular complexity index is 491. The van der Waals surface area contributed by atoms with Gasteiger partial charge in [0.15, 0.2) is 6.10 Å². The first kappa shape index (κ1) is 16.8. The van der Waals surface area contributed by atoms with Crippen LogP contribution in [0, 0.1) is 6.92 Å². The minimum absolute atomic E-state index is 0.414. The fourth-order valence-corrected chi connectivity index (χ4v) is 2.19. The molecule has 1 rings (SSSR count). The molecule has 1 aromatic carbocycles. The highest BCUT2D eigenvalue weighted by Gasteiger charge is 2.33. The summed E-state index contributed by atoms with van der Waals surface area (Å²) in [7, 11) is 1.10. The summed E-state index contributed by atoms with van der Waals surface area (Å²) in [4.78, 5) is 12.4. The molecule has 1 atom stereocenters. The molecule has 7 heteroatoms. The van der Waals surface area contributed by atoms with Crippen molar-refractivity contribution in [3.63, 3.8) is 0 Å². The van der Waals surface area contributed by atoms with Crippen LogP contribution in [0.5, 0.6) is 5.75 Å². The summed E-state index contributed by atoms with van der Waals surface area (Å²) in [6.07, 6.45) is -5.42. The third-order valence-corrected chi connectivity index (χ3v) is 3.15. The molecule has 3 nitrogen and oxygen atoms in total. The van der Waals surface area contributed by atoms with E-state index >= 15 is 0 Å². The number of nitrogens with zero attached hydrogens (tertiary/aromatic N) is 1. The van der Waals surface area contributed by atoms with E-state index < -0.39 is 24.7 Å². The quantitative estimate of drug-likeness (QED) is 0.828. The van der Waals surface area contributed by atoms with Gasteiger partial charge in [0.1, 0.15) is 12.3 Å². The van der Waals surface area contributed by atoms with Gasteiger partial charge in [-0.1, -0.05) is 6.07 Å². The van der Waals surface area contributed by atoms with E-state index in [-0.39, 0.29) is 0 Å². The van der Waals surface area contributed by atoms with Crippen LogP contribution in [-0.2, 0) is 4.79 Å². The summed E-state index contributed by atoms with van der Waals surface area (Å²) < 4.78 is 42.7. The molecule has 1 aromatic rings. The molecule has 1 unspecified atom stereocenters. The van der Waals surface area contributed by atoms with Crippen LogP contribution in [0.4, 0.5) is 13.2 Å². The lowest BCUT2D eigenvalue weighted by atomic mass is 10.2. The molecule has 0 N–H and O–H groups in total. The van der Waals surface area contributed by atoms with Crippen LogP contribution >= 0.6 is 15.9 Å². The van der Waals surface area contributed by atoms with Gasteiger partial charge in [-0.2, -0.15) is 13.2 Å². The maximum atomic E-state index is 12.2. The number of rotatable bonds is 4. The van der Waals surface area contributed by atoms with Crippen LogP contribution in [0.3, 0.4) is 0 Å². The van der Waals surface area contributed by atoms with Gasteiger partial charge in [0, 0.05) is 7.05 Å². The second kappa shape index (κ2) is 6.47. The molecule has 0 aliphatic carbocycles. The third-order valence-electron chi connectivity index (χ3n) is 2.53. The van der Waals surface area contributed by atoms with Crippen molar-refractivity contribution in [2.45, 2.75) is 26.1 Å². The van der Waals surface area contributed by atoms with Gasteiger partial charge < -0.3 is 9.64 Å². The zero-order valence-electron chi connectivity index (χ0n) is 11.3. The molecule has 1 amide bonds. The number of halogens is 4. The summed E-state index contributed by atoms with van der Waals surface area (Å²) >= 11 is 3.28. The van der Waals surface area contributed by atoms with E-state index in [0.29, 0.717) is 15.1 Å². The Balaban J connectivity index is 2.70. The van der Waals surface area contributed by atoms with E-state index in [9.17, 15) is 18.0 Å². The molecule has 0 spiro atoms. The number of amides is 1. The number of alkyl halides is 3. The highest BCUT2D eigenvalue weighted by molar-refractivity contribution is 9.10. The van der Waals surface area contributed by atoms with Gasteiger partial charge >= 0.3 is 6.18 Å². The summed E-state index contributed by atoms with van der Waals surface area (Å²) in [6.45, 7) is 2.01. The summed E-state index contributed by atoms with van der Waals surface area (Å²) in [5.74, 6) is -0.313. The van der Waals surface area contributed by atoms with Crippen molar-refractivity contribution in [3.8, 4) is 5.75 Å². The van der Waals surface area contributed by atoms with E-state index in [1.807, 2.05) is 6.92 Å². The Morgan fingerprint density at radius 2 is 2.05 bits per heavy atom. The number of carbonyl (C=O) groups is 1. The Hall–Kier alpha value is -1.24. The molecule has 0 saturated carbocycles. The average Bonchev–Trinajstić information content (AvgIpc) is 2.29. The smallest absolute Gasteiger partial charge is 0.406 e. The van der Waals surface area contributed by atoms with Gasteiger partial charge in [0.2, 0.25) is 0 Å². The summed E-state index contributed by atoms with van der Waals surface area (Å²) in [5.41, 5.74) is 0.998. The highest BCUT2D eigenvalue weighted by atomic mass is 79.9. The normalized spacial score (nSPS) is 12.9. The first-order valence-corrected chi connectivity index (χ1v) is 6.64. The van der Waals surface area contributed by atoms with Crippen molar-refractivity contribution in [2.75, 3.05) is 13.6 Å². The molecular weight excluding hydrogens is 339 g/mol. The Morgan fingerprint density at radius 1 is 1.45 bits per heavy atom. The molecule has 0 bridgehead atoms. The topological polar surface area (TPSA) is 29.5 Å². The lowest BCUT2D eigenvalue weighted by molar-refractivity contribution is -0.162. The molecule has 0 heterocycles. The first-order chi connectivity index (χ1) is 9.10. The van der Waals surface area contributed by atoms with Gasteiger partial charge in [-0.3, -0.25) is 4.79 Å². The van der Waals surface area contributed by atoms with Crippen LogP contribution in [0.2, 0.25) is 0 Å². The van der Waals surface area contributed by atoms with Crippen molar-refractivity contribution in [1.82, 2.24) is 4.90 Å². The van der Waals surface area contributed by atoms with E-state index in [1.54, 1.807) is 18.2 Å². The van der Waals surface area contributed by atoms with Crippen LogP contribution in [-0.4, -0.2) is 36.7 Å². The van der Waals surface area contributed by atoms with Crippen molar-refractivity contribution in [3.05, 3.63) is 28.2 Å². The molecule has 0 aliphatic rings. The number of carbonyl (C=O) groups excluding carboxylic acids is 1. The zero-order valence-corrected chi connectivity index (χ0v) is 12.9. The summed E-state index contributed by atoms with van der Waals surface area (Å²) in [5, 5.41) is 0. The second-order valence-electron chi connectivity index (χ2n) is 4.50. The molecule has 0 aromatic heterocycles. The minimum Gasteiger partial charge on any atom is -0.480 e. The van der Waals surface area contributed by atoms with Crippen molar-refractivity contribution < 1.29 is 22.7 Å². The molecule has 20 heavy (non-hydrogen) atoms. The van der Waals surface area contributed by atoms with Crippen molar-refractivity contribution in [1.29, 1.82) is 0 Å². The predicted molar refractivity (Wildman–Crippen MR) is 72.7 cm³/mol. The van der Waals surface area contributed by atoms with Gasteiger partial charge in [-0.25, -0.2) is 0 Å². The van der Waals surface area contributed by atoms with Gasteiger partial charge in [0.05, 0.1) is 4.47 Å². The van der Waals surface area contributed by atoms with E-state index in [4.69, 9.17) is 4.74 Å². The predicted octanol–water partition coefficient (Wildman–Crippen LogP) is 3.55. The standard InChI is InChI=1S/C13H15BrF3NO2/c1-8-4-5-11(10(14)6-8)20-9(2)12(19)18(3)7-13(15,16)17/h4-6,9H,7H2,1-3H3. The average molecular weight is 354 g/mol. The second-order valence-corrected chi connectivity index (χ2v) is 5.36. The molecule has 0 radical (unpaired) electrons. The Morgan fingerprint density at radius 3 is 2.55 bits per heavy atom. The third kappa shape index (κ3) is 5.03. The van der Waals surface area contributed by atoms with Crippen LogP contribution in [0.1, 0.15) is 12.5 Å². The lowest BCUT2D eigenvalue weighted by Crippen LogP contribution is -2.42. The van der Waals surface area contributed by atoms with E-state index in [1.165, 1.54) is 6.92 Å². The molecule has 112 valence electrons. The number of hydrogen-bond acceptors (Lipinski definition) is 2. The minimum atomic E-state index is -4.42. The zero-order chi connectivity index (χ0) is 15.5. The van der Waals surface area contributed by atoms with Crippen molar-refractivity contribution in [2.24, 2.45) is 0 Å². The maximum Gasteiger partial charge on any atom is 0.406 e. The van der Waals surface area contributed by atoms with Gasteiger partial charge in [-0.15, -0.1) is 0 Å². The van der Waals surface area contributed by atoms with Gasteiger partial charge in [-0.05, 0) is 47.5 Å². The number of likely N-dealkylation sites (N-methyl/N-ethyl adjacent to an activating group) is 1. The van der Waals surface area contributed by atoms with Crippen LogP contribution in [0.15, 0.2) is 22.7 Å². The first-order valence-electron chi connectivity index (χ1n) is 5.84. The highest BCUT2D eigenvalue weighted by Crippen LogP contribution is 2.27. The Labute approximate surface area is 123 Å². The molecule has 0 aliphatic heterocycles. The number of aryl methyl sites for hydroxylation is 1. The number of hydrogen-bond donors (Lipinski definition) is 0.